The SMILES string of the molecule is C=C/C=C\C1=C(/C)CCC2=CC(C=CC=C2)C(C)N=NN(CC)C1. The Morgan fingerprint density at radius 1 is 1.33 bits per heavy atom. The van der Waals surface area contributed by atoms with Crippen LogP contribution in [0.25, 0.3) is 0 Å². The summed E-state index contributed by atoms with van der Waals surface area (Å²) in [6.45, 7) is 11.9. The van der Waals surface area contributed by atoms with Crippen molar-refractivity contribution >= 4 is 0 Å². The van der Waals surface area contributed by atoms with Gasteiger partial charge < -0.3 is 0 Å². The lowest BCUT2D eigenvalue weighted by Gasteiger charge is -2.21. The number of hydrogen-bond donors (Lipinski definition) is 0. The number of allylic oxidation sites excluding steroid dienone is 7. The van der Waals surface area contributed by atoms with Crippen molar-refractivity contribution in [3.05, 3.63) is 71.9 Å². The second-order valence-electron chi connectivity index (χ2n) is 6.39. The van der Waals surface area contributed by atoms with Crippen LogP contribution in [0.15, 0.2) is 82.2 Å². The van der Waals surface area contributed by atoms with Gasteiger partial charge in [-0.1, -0.05) is 71.6 Å². The topological polar surface area (TPSA) is 28.0 Å². The predicted molar refractivity (Wildman–Crippen MR) is 103 cm³/mol. The van der Waals surface area contributed by atoms with E-state index in [2.05, 4.69) is 74.1 Å². The molecule has 0 N–H and O–H groups in total. The molecular formula is C21H29N3. The summed E-state index contributed by atoms with van der Waals surface area (Å²) in [5.41, 5.74) is 4.08. The van der Waals surface area contributed by atoms with Crippen LogP contribution in [0.1, 0.15) is 33.6 Å². The van der Waals surface area contributed by atoms with Crippen molar-refractivity contribution in [3.63, 3.8) is 0 Å². The molecule has 3 nitrogen and oxygen atoms in total. The van der Waals surface area contributed by atoms with Gasteiger partial charge in [-0.15, -0.1) is 0 Å². The van der Waals surface area contributed by atoms with Gasteiger partial charge in [0.15, 0.2) is 0 Å². The summed E-state index contributed by atoms with van der Waals surface area (Å²) in [7, 11) is 0. The standard InChI is InChI=1S/C21H29N3/c1-5-7-11-21-16-24(6-2)23-22-18(4)20-12-9-8-10-19(15-20)14-13-17(21)3/h5,7-12,15,18,20H,1,6,13-14,16H2,2-4H3/b11-7-,21-17-,23-22?. The van der Waals surface area contributed by atoms with Gasteiger partial charge in [0.2, 0.25) is 0 Å². The molecule has 2 unspecified atom stereocenters. The van der Waals surface area contributed by atoms with E-state index < -0.39 is 0 Å². The van der Waals surface area contributed by atoms with E-state index in [-0.39, 0.29) is 6.04 Å². The zero-order chi connectivity index (χ0) is 17.4. The lowest BCUT2D eigenvalue weighted by atomic mass is 9.95. The van der Waals surface area contributed by atoms with Gasteiger partial charge in [-0.25, -0.2) is 0 Å². The van der Waals surface area contributed by atoms with Crippen LogP contribution in [0.5, 0.6) is 0 Å². The molecule has 1 aliphatic heterocycles. The smallest absolute Gasteiger partial charge is 0.0798 e. The molecule has 0 aromatic carbocycles. The molecule has 3 heteroatoms. The largest absolute Gasteiger partial charge is 0.275 e. The van der Waals surface area contributed by atoms with Gasteiger partial charge in [-0.2, -0.15) is 5.11 Å². The first-order valence-electron chi connectivity index (χ1n) is 8.83. The lowest BCUT2D eigenvalue weighted by Crippen LogP contribution is -2.21. The number of hydrogen-bond acceptors (Lipinski definition) is 3. The van der Waals surface area contributed by atoms with E-state index >= 15 is 0 Å². The maximum Gasteiger partial charge on any atom is 0.0798 e. The van der Waals surface area contributed by atoms with E-state index in [0.717, 1.165) is 25.9 Å². The summed E-state index contributed by atoms with van der Waals surface area (Å²) in [5, 5.41) is 11.1. The Balaban J connectivity index is 2.37. The Morgan fingerprint density at radius 3 is 2.92 bits per heavy atom. The molecule has 0 saturated heterocycles. The van der Waals surface area contributed by atoms with Crippen molar-refractivity contribution in [3.8, 4) is 0 Å². The summed E-state index contributed by atoms with van der Waals surface area (Å²) in [4.78, 5) is 0. The first kappa shape index (κ1) is 18.2. The molecule has 24 heavy (non-hydrogen) atoms. The molecule has 1 heterocycles. The highest BCUT2D eigenvalue weighted by Gasteiger charge is 2.15. The molecule has 0 radical (unpaired) electrons. The van der Waals surface area contributed by atoms with Crippen molar-refractivity contribution in [1.82, 2.24) is 5.01 Å². The molecule has 0 spiro atoms. The predicted octanol–water partition coefficient (Wildman–Crippen LogP) is 5.59. The molecule has 0 saturated carbocycles. The maximum atomic E-state index is 4.57. The van der Waals surface area contributed by atoms with E-state index in [0.29, 0.717) is 5.92 Å². The second-order valence-corrected chi connectivity index (χ2v) is 6.39. The number of rotatable bonds is 3. The zero-order valence-corrected chi connectivity index (χ0v) is 15.2. The average molecular weight is 323 g/mol. The van der Waals surface area contributed by atoms with Crippen LogP contribution in [0.3, 0.4) is 0 Å². The summed E-state index contributed by atoms with van der Waals surface area (Å²) in [5.74, 6) is 0.307. The summed E-state index contributed by atoms with van der Waals surface area (Å²) < 4.78 is 0. The molecule has 2 rings (SSSR count). The van der Waals surface area contributed by atoms with Crippen molar-refractivity contribution in [2.45, 2.75) is 39.7 Å². The molecule has 2 bridgehead atoms. The minimum Gasteiger partial charge on any atom is -0.275 e. The Morgan fingerprint density at radius 2 is 2.17 bits per heavy atom. The van der Waals surface area contributed by atoms with Crippen molar-refractivity contribution in [1.29, 1.82) is 0 Å². The average Bonchev–Trinajstić information content (AvgIpc) is 2.84. The van der Waals surface area contributed by atoms with Gasteiger partial charge >= 0.3 is 0 Å². The lowest BCUT2D eigenvalue weighted by molar-refractivity contribution is 0.295. The molecular weight excluding hydrogens is 294 g/mol. The Kier molecular flexibility index (Phi) is 6.98. The minimum atomic E-state index is 0.141. The third-order valence-corrected chi connectivity index (χ3v) is 4.57. The van der Waals surface area contributed by atoms with E-state index in [1.54, 1.807) is 0 Å². The highest BCUT2D eigenvalue weighted by Crippen LogP contribution is 2.24. The van der Waals surface area contributed by atoms with Crippen molar-refractivity contribution in [2.24, 2.45) is 16.3 Å². The van der Waals surface area contributed by atoms with Crippen LogP contribution < -0.4 is 0 Å². The van der Waals surface area contributed by atoms with Gasteiger partial charge in [-0.05, 0) is 39.2 Å². The molecule has 128 valence electrons. The molecule has 1 aliphatic carbocycles. The normalized spacial score (nSPS) is 28.3. The summed E-state index contributed by atoms with van der Waals surface area (Å²) in [6.07, 6.45) is 19.1. The van der Waals surface area contributed by atoms with Crippen molar-refractivity contribution < 1.29 is 0 Å². The highest BCUT2D eigenvalue weighted by molar-refractivity contribution is 5.32. The molecule has 0 aromatic rings. The maximum absolute atomic E-state index is 4.57. The van der Waals surface area contributed by atoms with Gasteiger partial charge in [0.25, 0.3) is 0 Å². The summed E-state index contributed by atoms with van der Waals surface area (Å²) >= 11 is 0. The molecule has 0 aromatic heterocycles. The van der Waals surface area contributed by atoms with Gasteiger partial charge in [-0.3, -0.25) is 5.01 Å². The monoisotopic (exact) mass is 323 g/mol. The fourth-order valence-corrected chi connectivity index (χ4v) is 2.84. The van der Waals surface area contributed by atoms with Crippen LogP contribution in [-0.2, 0) is 0 Å². The van der Waals surface area contributed by atoms with E-state index in [9.17, 15) is 0 Å². The van der Waals surface area contributed by atoms with Gasteiger partial charge in [0.1, 0.15) is 0 Å². The Labute approximate surface area is 146 Å². The van der Waals surface area contributed by atoms with Crippen LogP contribution >= 0.6 is 0 Å². The molecule has 0 amide bonds. The minimum absolute atomic E-state index is 0.141. The number of fused-ring (bicyclic) bond motifs is 1. The summed E-state index contributed by atoms with van der Waals surface area (Å²) in [6, 6.07) is 0.141. The van der Waals surface area contributed by atoms with Crippen LogP contribution in [-0.4, -0.2) is 24.1 Å². The molecule has 2 aliphatic rings. The van der Waals surface area contributed by atoms with E-state index in [1.165, 1.54) is 16.7 Å². The van der Waals surface area contributed by atoms with E-state index in [4.69, 9.17) is 0 Å². The fourth-order valence-electron chi connectivity index (χ4n) is 2.84. The van der Waals surface area contributed by atoms with E-state index in [1.807, 2.05) is 17.2 Å². The van der Waals surface area contributed by atoms with Crippen LogP contribution in [0.4, 0.5) is 0 Å². The highest BCUT2D eigenvalue weighted by atomic mass is 15.5. The Hall–Kier alpha value is -2.16. The fraction of sp³-hybridized carbons (Fsp3) is 0.429. The first-order valence-corrected chi connectivity index (χ1v) is 8.83. The van der Waals surface area contributed by atoms with Crippen molar-refractivity contribution in [2.75, 3.05) is 13.1 Å². The van der Waals surface area contributed by atoms with Crippen LogP contribution in [0.2, 0.25) is 0 Å². The van der Waals surface area contributed by atoms with Gasteiger partial charge in [0, 0.05) is 12.5 Å². The third-order valence-electron chi connectivity index (χ3n) is 4.57. The Bertz CT molecular complexity index is 617. The quantitative estimate of drug-likeness (QED) is 0.623. The number of likely N-dealkylation sites (N-methyl/N-ethyl adjacent to an activating group) is 1. The zero-order valence-electron chi connectivity index (χ0n) is 15.2. The van der Waals surface area contributed by atoms with Gasteiger partial charge in [0.05, 0.1) is 12.6 Å². The molecule has 0 fully saturated rings. The second kappa shape index (κ2) is 9.21. The number of nitrogens with zero attached hydrogens (tertiary/aromatic N) is 3. The van der Waals surface area contributed by atoms with Crippen LogP contribution in [0, 0.1) is 5.92 Å². The first-order chi connectivity index (χ1) is 11.6. The molecule has 2 atom stereocenters. The third kappa shape index (κ3) is 5.19.